The van der Waals surface area contributed by atoms with Crippen molar-refractivity contribution in [1.29, 1.82) is 0 Å². The van der Waals surface area contributed by atoms with E-state index in [0.29, 0.717) is 5.69 Å². The van der Waals surface area contributed by atoms with Gasteiger partial charge in [0.2, 0.25) is 0 Å². The zero-order valence-electron chi connectivity index (χ0n) is 9.62. The lowest BCUT2D eigenvalue weighted by molar-refractivity contribution is -0.139. The van der Waals surface area contributed by atoms with E-state index in [9.17, 15) is 9.59 Å². The van der Waals surface area contributed by atoms with Crippen molar-refractivity contribution in [2.45, 2.75) is 38.1 Å². The molecule has 2 rings (SSSR count). The topological polar surface area (TPSA) is 95.1 Å². The number of aromatic amines is 1. The normalized spacial score (nSPS) is 17.2. The van der Waals surface area contributed by atoms with E-state index >= 15 is 0 Å². The van der Waals surface area contributed by atoms with Gasteiger partial charge in [0, 0.05) is 0 Å². The Morgan fingerprint density at radius 2 is 2.29 bits per heavy atom. The van der Waals surface area contributed by atoms with Crippen LogP contribution >= 0.6 is 0 Å². The number of carbonyl (C=O) groups is 2. The van der Waals surface area contributed by atoms with Gasteiger partial charge in [-0.05, 0) is 31.7 Å². The van der Waals surface area contributed by atoms with Gasteiger partial charge in [0.25, 0.3) is 5.91 Å². The van der Waals surface area contributed by atoms with E-state index in [1.807, 2.05) is 0 Å². The average molecular weight is 237 g/mol. The lowest BCUT2D eigenvalue weighted by Gasteiger charge is -2.41. The Bertz CT molecular complexity index is 449. The Hall–Kier alpha value is -1.85. The molecule has 1 amide bonds. The van der Waals surface area contributed by atoms with Crippen LogP contribution in [0, 0.1) is 6.92 Å². The molecule has 1 saturated carbocycles. The van der Waals surface area contributed by atoms with E-state index < -0.39 is 11.5 Å². The summed E-state index contributed by atoms with van der Waals surface area (Å²) in [5, 5.41) is 18.0. The zero-order valence-corrected chi connectivity index (χ0v) is 9.62. The smallest absolute Gasteiger partial charge is 0.305 e. The molecule has 3 N–H and O–H groups in total. The predicted molar refractivity (Wildman–Crippen MR) is 59.6 cm³/mol. The van der Waals surface area contributed by atoms with Gasteiger partial charge in [0.05, 0.1) is 18.2 Å². The summed E-state index contributed by atoms with van der Waals surface area (Å²) >= 11 is 0. The van der Waals surface area contributed by atoms with Crippen molar-refractivity contribution in [3.05, 3.63) is 17.5 Å². The van der Waals surface area contributed by atoms with Crippen LogP contribution in [0.5, 0.6) is 0 Å². The first kappa shape index (κ1) is 11.6. The second kappa shape index (κ2) is 4.20. The minimum atomic E-state index is -0.883. The number of hydrogen-bond acceptors (Lipinski definition) is 3. The van der Waals surface area contributed by atoms with Crippen molar-refractivity contribution in [1.82, 2.24) is 15.5 Å². The number of rotatable bonds is 4. The fourth-order valence-corrected chi connectivity index (χ4v) is 2.12. The van der Waals surface area contributed by atoms with Gasteiger partial charge in [0.1, 0.15) is 5.69 Å². The molecule has 6 nitrogen and oxygen atoms in total. The Morgan fingerprint density at radius 1 is 1.59 bits per heavy atom. The van der Waals surface area contributed by atoms with Crippen LogP contribution in [0.2, 0.25) is 0 Å². The molecule has 1 fully saturated rings. The van der Waals surface area contributed by atoms with Crippen LogP contribution < -0.4 is 5.32 Å². The van der Waals surface area contributed by atoms with Gasteiger partial charge in [0.15, 0.2) is 0 Å². The van der Waals surface area contributed by atoms with Gasteiger partial charge in [-0.1, -0.05) is 0 Å². The molecule has 1 aliphatic rings. The van der Waals surface area contributed by atoms with E-state index in [0.717, 1.165) is 24.8 Å². The molecule has 0 spiro atoms. The number of nitrogens with one attached hydrogen (secondary N) is 2. The molecule has 0 aromatic carbocycles. The summed E-state index contributed by atoms with van der Waals surface area (Å²) in [6, 6.07) is 0. The quantitative estimate of drug-likeness (QED) is 0.723. The molecular formula is C11H15N3O3. The third kappa shape index (κ3) is 2.30. The molecule has 1 heterocycles. The summed E-state index contributed by atoms with van der Waals surface area (Å²) in [7, 11) is 0. The second-order valence-corrected chi connectivity index (χ2v) is 4.59. The SMILES string of the molecule is Cc1cn[nH]c1C(=O)NC1(CC(=O)O)CCC1. The van der Waals surface area contributed by atoms with Gasteiger partial charge in [-0.15, -0.1) is 0 Å². The monoisotopic (exact) mass is 237 g/mol. The van der Waals surface area contributed by atoms with Crippen LogP contribution in [-0.4, -0.2) is 32.7 Å². The fourth-order valence-electron chi connectivity index (χ4n) is 2.12. The van der Waals surface area contributed by atoms with Crippen LogP contribution in [0.4, 0.5) is 0 Å². The molecule has 1 aromatic rings. The van der Waals surface area contributed by atoms with Crippen LogP contribution in [0.3, 0.4) is 0 Å². The average Bonchev–Trinajstić information content (AvgIpc) is 2.60. The third-order valence-corrected chi connectivity index (χ3v) is 3.23. The molecule has 0 saturated heterocycles. The van der Waals surface area contributed by atoms with Crippen molar-refractivity contribution in [3.8, 4) is 0 Å². The fraction of sp³-hybridized carbons (Fsp3) is 0.545. The third-order valence-electron chi connectivity index (χ3n) is 3.23. The molecule has 6 heteroatoms. The van der Waals surface area contributed by atoms with E-state index in [1.54, 1.807) is 13.1 Å². The number of H-pyrrole nitrogens is 1. The largest absolute Gasteiger partial charge is 0.481 e. The minimum absolute atomic E-state index is 0.0219. The maximum absolute atomic E-state index is 11.9. The first-order valence-electron chi connectivity index (χ1n) is 5.57. The number of aliphatic carboxylic acids is 1. The molecule has 0 bridgehead atoms. The number of amides is 1. The second-order valence-electron chi connectivity index (χ2n) is 4.59. The van der Waals surface area contributed by atoms with Crippen molar-refractivity contribution < 1.29 is 14.7 Å². The van der Waals surface area contributed by atoms with Crippen LogP contribution in [0.1, 0.15) is 41.7 Å². The number of aromatic nitrogens is 2. The van der Waals surface area contributed by atoms with Crippen molar-refractivity contribution in [2.75, 3.05) is 0 Å². The van der Waals surface area contributed by atoms with Crippen LogP contribution in [0.15, 0.2) is 6.20 Å². The lowest BCUT2D eigenvalue weighted by atomic mass is 9.74. The zero-order chi connectivity index (χ0) is 12.5. The highest BCUT2D eigenvalue weighted by atomic mass is 16.4. The molecule has 0 atom stereocenters. The Labute approximate surface area is 98.4 Å². The standard InChI is InChI=1S/C11H15N3O3/c1-7-6-12-14-9(7)10(17)13-11(3-2-4-11)5-8(15)16/h6H,2-5H2,1H3,(H,12,14)(H,13,17)(H,15,16). The summed E-state index contributed by atoms with van der Waals surface area (Å²) in [4.78, 5) is 22.7. The summed E-state index contributed by atoms with van der Waals surface area (Å²) in [5.41, 5.74) is 0.592. The number of aryl methyl sites for hydroxylation is 1. The van der Waals surface area contributed by atoms with Gasteiger partial charge >= 0.3 is 5.97 Å². The van der Waals surface area contributed by atoms with Crippen molar-refractivity contribution in [3.63, 3.8) is 0 Å². The van der Waals surface area contributed by atoms with Crippen molar-refractivity contribution in [2.24, 2.45) is 0 Å². The van der Waals surface area contributed by atoms with Gasteiger partial charge in [-0.25, -0.2) is 0 Å². The predicted octanol–water partition coefficient (Wildman–Crippen LogP) is 0.845. The number of carboxylic acid groups (broad SMARTS) is 1. The molecule has 0 unspecified atom stereocenters. The minimum Gasteiger partial charge on any atom is -0.481 e. The number of nitrogens with zero attached hydrogens (tertiary/aromatic N) is 1. The van der Waals surface area contributed by atoms with Crippen LogP contribution in [0.25, 0.3) is 0 Å². The number of carboxylic acids is 1. The summed E-state index contributed by atoms with van der Waals surface area (Å²) in [6.07, 6.45) is 3.94. The van der Waals surface area contributed by atoms with Crippen molar-refractivity contribution >= 4 is 11.9 Å². The molecule has 1 aromatic heterocycles. The summed E-state index contributed by atoms with van der Waals surface area (Å²) in [5.74, 6) is -1.16. The molecule has 17 heavy (non-hydrogen) atoms. The Balaban J connectivity index is 2.07. The highest BCUT2D eigenvalue weighted by Crippen LogP contribution is 2.35. The van der Waals surface area contributed by atoms with E-state index in [4.69, 9.17) is 5.11 Å². The highest BCUT2D eigenvalue weighted by Gasteiger charge is 2.40. The lowest BCUT2D eigenvalue weighted by Crippen LogP contribution is -2.54. The molecule has 0 radical (unpaired) electrons. The van der Waals surface area contributed by atoms with E-state index in [2.05, 4.69) is 15.5 Å². The van der Waals surface area contributed by atoms with E-state index in [-0.39, 0.29) is 12.3 Å². The maximum atomic E-state index is 11.9. The first-order chi connectivity index (χ1) is 8.02. The summed E-state index contributed by atoms with van der Waals surface area (Å²) < 4.78 is 0. The maximum Gasteiger partial charge on any atom is 0.305 e. The highest BCUT2D eigenvalue weighted by molar-refractivity contribution is 5.94. The van der Waals surface area contributed by atoms with Gasteiger partial charge in [-0.2, -0.15) is 5.10 Å². The molecule has 1 aliphatic carbocycles. The Morgan fingerprint density at radius 3 is 2.71 bits per heavy atom. The number of carbonyl (C=O) groups excluding carboxylic acids is 1. The van der Waals surface area contributed by atoms with Gasteiger partial charge in [-0.3, -0.25) is 14.7 Å². The molecule has 92 valence electrons. The molecular weight excluding hydrogens is 222 g/mol. The van der Waals surface area contributed by atoms with Crippen LogP contribution in [-0.2, 0) is 4.79 Å². The summed E-state index contributed by atoms with van der Waals surface area (Å²) in [6.45, 7) is 1.78. The molecule has 0 aliphatic heterocycles. The first-order valence-corrected chi connectivity index (χ1v) is 5.57. The van der Waals surface area contributed by atoms with Gasteiger partial charge < -0.3 is 10.4 Å². The Kier molecular flexibility index (Phi) is 2.87. The number of hydrogen-bond donors (Lipinski definition) is 3. The van der Waals surface area contributed by atoms with E-state index in [1.165, 1.54) is 0 Å².